The Hall–Kier alpha value is -1.65. The summed E-state index contributed by atoms with van der Waals surface area (Å²) in [6.07, 6.45) is 15.4. The van der Waals surface area contributed by atoms with Crippen molar-refractivity contribution >= 4 is 5.97 Å². The number of ether oxygens (including phenoxy) is 3. The SMILES string of the molecule is CCC(/C=C/[C@@H](C)[C@H]1CC[C@H]2[C@@H]3[C@H](OC(=O)c4ccccc4)C[C@H]4CC5(CC[C@]4(C)[C@H]3CC[C@]12C)OCCO5)C(C)C. The lowest BCUT2D eigenvalue weighted by atomic mass is 9.43. The first-order valence-electron chi connectivity index (χ1n) is 17.3. The Morgan fingerprint density at radius 1 is 0.952 bits per heavy atom. The molecule has 4 aliphatic carbocycles. The molecule has 0 bridgehead atoms. The summed E-state index contributed by atoms with van der Waals surface area (Å²) >= 11 is 0. The highest BCUT2D eigenvalue weighted by molar-refractivity contribution is 5.89. The van der Waals surface area contributed by atoms with E-state index >= 15 is 0 Å². The first-order chi connectivity index (χ1) is 20.1. The maximum absolute atomic E-state index is 13.6. The third-order valence-electron chi connectivity index (χ3n) is 13.4. The van der Waals surface area contributed by atoms with Crippen LogP contribution in [0.5, 0.6) is 0 Å². The van der Waals surface area contributed by atoms with Crippen molar-refractivity contribution in [3.05, 3.63) is 48.0 Å². The van der Waals surface area contributed by atoms with Gasteiger partial charge in [-0.1, -0.05) is 71.9 Å². The molecule has 4 heteroatoms. The zero-order valence-electron chi connectivity index (χ0n) is 27.1. The van der Waals surface area contributed by atoms with Gasteiger partial charge in [-0.3, -0.25) is 0 Å². The van der Waals surface area contributed by atoms with Crippen LogP contribution in [0.2, 0.25) is 0 Å². The van der Waals surface area contributed by atoms with Crippen LogP contribution >= 0.6 is 0 Å². The van der Waals surface area contributed by atoms with Crippen molar-refractivity contribution in [2.75, 3.05) is 13.2 Å². The summed E-state index contributed by atoms with van der Waals surface area (Å²) < 4.78 is 19.1. The van der Waals surface area contributed by atoms with Gasteiger partial charge in [0.1, 0.15) is 6.10 Å². The van der Waals surface area contributed by atoms with Crippen LogP contribution in [0, 0.1) is 58.2 Å². The Morgan fingerprint density at radius 3 is 2.36 bits per heavy atom. The van der Waals surface area contributed by atoms with E-state index in [0.29, 0.717) is 71.5 Å². The monoisotopic (exact) mass is 576 g/mol. The Bertz CT molecular complexity index is 1120. The van der Waals surface area contributed by atoms with Gasteiger partial charge in [-0.2, -0.15) is 0 Å². The number of hydrogen-bond donors (Lipinski definition) is 0. The molecule has 0 aromatic heterocycles. The van der Waals surface area contributed by atoms with E-state index in [2.05, 4.69) is 53.7 Å². The number of benzene rings is 1. The molecule has 1 aromatic rings. The summed E-state index contributed by atoms with van der Waals surface area (Å²) in [6, 6.07) is 9.63. The van der Waals surface area contributed by atoms with Crippen LogP contribution in [0.25, 0.3) is 0 Å². The van der Waals surface area contributed by atoms with Crippen LogP contribution in [0.1, 0.15) is 110 Å². The Morgan fingerprint density at radius 2 is 1.67 bits per heavy atom. The topological polar surface area (TPSA) is 44.8 Å². The van der Waals surface area contributed by atoms with Crippen LogP contribution < -0.4 is 0 Å². The molecular formula is C38H56O4. The van der Waals surface area contributed by atoms with Gasteiger partial charge in [0, 0.05) is 18.8 Å². The highest BCUT2D eigenvalue weighted by atomic mass is 16.7. The van der Waals surface area contributed by atoms with Gasteiger partial charge < -0.3 is 14.2 Å². The molecule has 4 nitrogen and oxygen atoms in total. The van der Waals surface area contributed by atoms with Crippen LogP contribution in [0.15, 0.2) is 42.5 Å². The largest absolute Gasteiger partial charge is 0.458 e. The normalized spacial score (nSPS) is 40.5. The Balaban J connectivity index is 1.29. The van der Waals surface area contributed by atoms with Crippen molar-refractivity contribution < 1.29 is 19.0 Å². The standard InChI is InChI=1S/C38H56O4/c1-7-27(25(2)3)14-13-26(4)30-15-16-31-34-32(17-18-37(30,31)6)36(5)19-20-38(40-21-22-41-38)24-29(36)23-33(34)42-35(39)28-11-9-8-10-12-28/h8-14,25-27,29-34H,7,15-24H2,1-6H3/b14-13+/t26-,27?,29+,30-,31+,32+,33-,34+,36+,37-/m1/s1. The predicted octanol–water partition coefficient (Wildman–Crippen LogP) is 9.10. The van der Waals surface area contributed by atoms with Gasteiger partial charge in [-0.25, -0.2) is 4.79 Å². The summed E-state index contributed by atoms with van der Waals surface area (Å²) in [5, 5.41) is 0. The molecule has 1 saturated heterocycles. The fourth-order valence-electron chi connectivity index (χ4n) is 11.0. The van der Waals surface area contributed by atoms with E-state index in [4.69, 9.17) is 14.2 Å². The molecule has 5 aliphatic rings. The van der Waals surface area contributed by atoms with Gasteiger partial charge >= 0.3 is 5.97 Å². The summed E-state index contributed by atoms with van der Waals surface area (Å²) in [5.41, 5.74) is 1.21. The zero-order valence-corrected chi connectivity index (χ0v) is 27.1. The number of allylic oxidation sites excluding steroid dienone is 2. The average Bonchev–Trinajstić information content (AvgIpc) is 3.58. The van der Waals surface area contributed by atoms with E-state index in [-0.39, 0.29) is 17.5 Å². The van der Waals surface area contributed by atoms with Gasteiger partial charge in [0.25, 0.3) is 0 Å². The second kappa shape index (κ2) is 11.7. The third-order valence-corrected chi connectivity index (χ3v) is 13.4. The molecule has 42 heavy (non-hydrogen) atoms. The molecular weight excluding hydrogens is 520 g/mol. The highest BCUT2D eigenvalue weighted by Gasteiger charge is 2.65. The highest BCUT2D eigenvalue weighted by Crippen LogP contribution is 2.69. The average molecular weight is 577 g/mol. The fraction of sp³-hybridized carbons (Fsp3) is 0.763. The molecule has 10 atom stereocenters. The van der Waals surface area contributed by atoms with Crippen LogP contribution in [-0.4, -0.2) is 31.1 Å². The molecule has 0 amide bonds. The lowest BCUT2D eigenvalue weighted by Gasteiger charge is -2.63. The van der Waals surface area contributed by atoms with Gasteiger partial charge in [0.2, 0.25) is 0 Å². The second-order valence-electron chi connectivity index (χ2n) is 15.6. The van der Waals surface area contributed by atoms with Crippen LogP contribution in [-0.2, 0) is 14.2 Å². The first-order valence-corrected chi connectivity index (χ1v) is 17.3. The molecule has 5 fully saturated rings. The maximum Gasteiger partial charge on any atom is 0.338 e. The van der Waals surface area contributed by atoms with E-state index in [1.807, 2.05) is 30.3 Å². The summed E-state index contributed by atoms with van der Waals surface area (Å²) in [4.78, 5) is 13.6. The lowest BCUT2D eigenvalue weighted by Crippen LogP contribution is -2.60. The van der Waals surface area contributed by atoms with Crippen molar-refractivity contribution in [1.82, 2.24) is 0 Å². The second-order valence-corrected chi connectivity index (χ2v) is 15.6. The van der Waals surface area contributed by atoms with E-state index < -0.39 is 5.79 Å². The van der Waals surface area contributed by atoms with Crippen molar-refractivity contribution in [3.63, 3.8) is 0 Å². The van der Waals surface area contributed by atoms with E-state index in [9.17, 15) is 4.79 Å². The molecule has 1 unspecified atom stereocenters. The number of carbonyl (C=O) groups excluding carboxylic acids is 1. The van der Waals surface area contributed by atoms with Crippen molar-refractivity contribution in [3.8, 4) is 0 Å². The fourth-order valence-corrected chi connectivity index (χ4v) is 11.0. The molecule has 1 aliphatic heterocycles. The van der Waals surface area contributed by atoms with Crippen LogP contribution in [0.4, 0.5) is 0 Å². The van der Waals surface area contributed by atoms with Crippen LogP contribution in [0.3, 0.4) is 0 Å². The minimum atomic E-state index is -0.416. The van der Waals surface area contributed by atoms with Gasteiger partial charge in [0.15, 0.2) is 5.79 Å². The third kappa shape index (κ3) is 5.21. The first kappa shape index (κ1) is 30.4. The maximum atomic E-state index is 13.6. The molecule has 1 aromatic carbocycles. The Kier molecular flexibility index (Phi) is 8.46. The minimum Gasteiger partial charge on any atom is -0.458 e. The van der Waals surface area contributed by atoms with Crippen molar-refractivity contribution in [2.45, 2.75) is 111 Å². The minimum absolute atomic E-state index is 0.0445. The summed E-state index contributed by atoms with van der Waals surface area (Å²) in [7, 11) is 0. The van der Waals surface area contributed by atoms with Crippen molar-refractivity contribution in [1.29, 1.82) is 0 Å². The summed E-state index contributed by atoms with van der Waals surface area (Å²) in [5.74, 6) is 4.10. The number of fused-ring (bicyclic) bond motifs is 5. The predicted molar refractivity (Wildman–Crippen MR) is 168 cm³/mol. The van der Waals surface area contributed by atoms with E-state index in [1.54, 1.807) is 0 Å². The van der Waals surface area contributed by atoms with E-state index in [0.717, 1.165) is 25.7 Å². The molecule has 1 spiro atoms. The van der Waals surface area contributed by atoms with Gasteiger partial charge in [-0.15, -0.1) is 0 Å². The van der Waals surface area contributed by atoms with Crippen molar-refractivity contribution in [2.24, 2.45) is 58.2 Å². The van der Waals surface area contributed by atoms with Gasteiger partial charge in [-0.05, 0) is 109 Å². The number of esters is 1. The molecule has 0 radical (unpaired) electrons. The molecule has 232 valence electrons. The van der Waals surface area contributed by atoms with E-state index in [1.165, 1.54) is 32.1 Å². The zero-order chi connectivity index (χ0) is 29.7. The lowest BCUT2D eigenvalue weighted by molar-refractivity contribution is -0.242. The molecule has 4 saturated carbocycles. The number of rotatable bonds is 7. The smallest absolute Gasteiger partial charge is 0.338 e. The Labute approximate surface area is 255 Å². The quantitative estimate of drug-likeness (QED) is 0.240. The number of hydrogen-bond acceptors (Lipinski definition) is 4. The molecule has 6 rings (SSSR count). The summed E-state index contributed by atoms with van der Waals surface area (Å²) in [6.45, 7) is 16.1. The molecule has 1 heterocycles. The van der Waals surface area contributed by atoms with Gasteiger partial charge in [0.05, 0.1) is 18.8 Å². The number of carbonyl (C=O) groups is 1. The molecule has 0 N–H and O–H groups in total.